The summed E-state index contributed by atoms with van der Waals surface area (Å²) in [6.45, 7) is 5.22. The Morgan fingerprint density at radius 1 is 1.12 bits per heavy atom. The molecule has 7 nitrogen and oxygen atoms in total. The van der Waals surface area contributed by atoms with Crippen LogP contribution < -0.4 is 24.3 Å². The second-order valence-electron chi connectivity index (χ2n) is 8.29. The molecule has 180 valence electrons. The molecule has 0 aliphatic carbocycles. The van der Waals surface area contributed by atoms with Gasteiger partial charge in [0.2, 0.25) is 11.7 Å². The minimum absolute atomic E-state index is 0.0433. The predicted molar refractivity (Wildman–Crippen MR) is 128 cm³/mol. The molecule has 1 N–H and O–H groups in total. The monoisotopic (exact) mass is 456 g/mol. The lowest BCUT2D eigenvalue weighted by molar-refractivity contribution is -0.120. The van der Waals surface area contributed by atoms with E-state index in [0.29, 0.717) is 23.8 Å². The molecule has 0 fully saturated rings. The number of hydrogen-bond donors (Lipinski definition) is 1. The van der Waals surface area contributed by atoms with Crippen molar-refractivity contribution in [1.29, 1.82) is 0 Å². The zero-order chi connectivity index (χ0) is 23.6. The van der Waals surface area contributed by atoms with Crippen molar-refractivity contribution >= 4 is 5.91 Å². The Hall–Kier alpha value is -2.93. The number of carbonyl (C=O) groups excluding carboxylic acids is 1. The highest BCUT2D eigenvalue weighted by molar-refractivity contribution is 5.79. The van der Waals surface area contributed by atoms with E-state index in [1.807, 2.05) is 24.3 Å². The summed E-state index contributed by atoms with van der Waals surface area (Å²) < 4.78 is 22.4. The van der Waals surface area contributed by atoms with Gasteiger partial charge >= 0.3 is 0 Å². The van der Waals surface area contributed by atoms with Gasteiger partial charge in [0, 0.05) is 31.7 Å². The van der Waals surface area contributed by atoms with E-state index >= 15 is 0 Å². The summed E-state index contributed by atoms with van der Waals surface area (Å²) >= 11 is 0. The third kappa shape index (κ3) is 6.78. The first-order valence-corrected chi connectivity index (χ1v) is 11.6. The van der Waals surface area contributed by atoms with Crippen LogP contribution in [0.25, 0.3) is 0 Å². The van der Waals surface area contributed by atoms with Crippen molar-refractivity contribution in [2.75, 3.05) is 41.0 Å². The molecule has 0 aromatic heterocycles. The lowest BCUT2D eigenvalue weighted by atomic mass is 10.1. The van der Waals surface area contributed by atoms with E-state index in [0.717, 1.165) is 50.2 Å². The number of nitrogens with zero attached hydrogens (tertiary/aromatic N) is 1. The number of carbonyl (C=O) groups is 1. The average Bonchev–Trinajstić information content (AvgIpc) is 3.00. The summed E-state index contributed by atoms with van der Waals surface area (Å²) in [7, 11) is 4.70. The molecule has 1 amide bonds. The summed E-state index contributed by atoms with van der Waals surface area (Å²) in [6, 6.07) is 11.9. The lowest BCUT2D eigenvalue weighted by Crippen LogP contribution is -2.39. The highest BCUT2D eigenvalue weighted by Gasteiger charge is 2.22. The number of unbranched alkanes of at least 4 members (excludes halogenated alkanes) is 1. The van der Waals surface area contributed by atoms with E-state index in [2.05, 4.69) is 29.3 Å². The molecule has 33 heavy (non-hydrogen) atoms. The van der Waals surface area contributed by atoms with Crippen LogP contribution in [-0.2, 0) is 17.8 Å². The summed E-state index contributed by atoms with van der Waals surface area (Å²) in [4.78, 5) is 15.0. The van der Waals surface area contributed by atoms with E-state index in [-0.39, 0.29) is 18.4 Å². The van der Waals surface area contributed by atoms with Crippen molar-refractivity contribution in [2.24, 2.45) is 0 Å². The molecule has 0 saturated carbocycles. The van der Waals surface area contributed by atoms with Crippen LogP contribution in [0.2, 0.25) is 0 Å². The number of benzene rings is 2. The fraction of sp³-hybridized carbons (Fsp3) is 0.500. The van der Waals surface area contributed by atoms with Gasteiger partial charge in [-0.2, -0.15) is 0 Å². The Kier molecular flexibility index (Phi) is 9.24. The molecular weight excluding hydrogens is 420 g/mol. The standard InChI is InChI=1S/C26H36N2O5/c1-5-6-10-21-18-28(17-20-9-7-8-11-22(20)33-21)13-12-27-25(29)16-19-14-23(30-2)26(32-4)24(15-19)31-3/h7-9,11,14-15,21H,5-6,10,12-13,16-18H2,1-4H3,(H,27,29)/t21-/m0/s1. The van der Waals surface area contributed by atoms with Gasteiger partial charge in [0.1, 0.15) is 11.9 Å². The molecule has 2 aromatic rings. The van der Waals surface area contributed by atoms with Gasteiger partial charge in [0.05, 0.1) is 27.8 Å². The minimum atomic E-state index is -0.0433. The van der Waals surface area contributed by atoms with Crippen molar-refractivity contribution < 1.29 is 23.7 Å². The molecule has 0 radical (unpaired) electrons. The number of rotatable bonds is 11. The number of nitrogens with one attached hydrogen (secondary N) is 1. The molecule has 0 saturated heterocycles. The smallest absolute Gasteiger partial charge is 0.224 e. The van der Waals surface area contributed by atoms with E-state index in [1.165, 1.54) is 5.56 Å². The van der Waals surface area contributed by atoms with Crippen LogP contribution in [0.3, 0.4) is 0 Å². The molecule has 0 unspecified atom stereocenters. The number of amides is 1. The van der Waals surface area contributed by atoms with Crippen molar-refractivity contribution in [2.45, 2.75) is 45.3 Å². The number of hydrogen-bond acceptors (Lipinski definition) is 6. The zero-order valence-corrected chi connectivity index (χ0v) is 20.2. The van der Waals surface area contributed by atoms with Gasteiger partial charge in [0.15, 0.2) is 11.5 Å². The summed E-state index contributed by atoms with van der Waals surface area (Å²) in [5.41, 5.74) is 2.00. The van der Waals surface area contributed by atoms with Crippen molar-refractivity contribution in [3.63, 3.8) is 0 Å². The van der Waals surface area contributed by atoms with Crippen molar-refractivity contribution in [1.82, 2.24) is 10.2 Å². The van der Waals surface area contributed by atoms with Crippen LogP contribution in [0, 0.1) is 0 Å². The third-order valence-electron chi connectivity index (χ3n) is 5.84. The molecular formula is C26H36N2O5. The molecule has 7 heteroatoms. The van der Waals surface area contributed by atoms with Gasteiger partial charge in [-0.15, -0.1) is 0 Å². The Morgan fingerprint density at radius 2 is 1.85 bits per heavy atom. The zero-order valence-electron chi connectivity index (χ0n) is 20.2. The number of methoxy groups -OCH3 is 3. The first kappa shape index (κ1) is 24.7. The first-order valence-electron chi connectivity index (χ1n) is 11.6. The maximum Gasteiger partial charge on any atom is 0.224 e. The highest BCUT2D eigenvalue weighted by Crippen LogP contribution is 2.38. The van der Waals surface area contributed by atoms with Crippen LogP contribution in [0.5, 0.6) is 23.0 Å². The summed E-state index contributed by atoms with van der Waals surface area (Å²) in [5, 5.41) is 3.05. The quantitative estimate of drug-likeness (QED) is 0.554. The minimum Gasteiger partial charge on any atom is -0.493 e. The maximum absolute atomic E-state index is 12.6. The first-order chi connectivity index (χ1) is 16.1. The van der Waals surface area contributed by atoms with Gasteiger partial charge in [-0.05, 0) is 36.6 Å². The highest BCUT2D eigenvalue weighted by atomic mass is 16.5. The fourth-order valence-corrected chi connectivity index (χ4v) is 4.15. The normalized spacial score (nSPS) is 15.7. The van der Waals surface area contributed by atoms with Gasteiger partial charge < -0.3 is 24.3 Å². The summed E-state index contributed by atoms with van der Waals surface area (Å²) in [6.07, 6.45) is 3.74. The molecule has 3 rings (SSSR count). The van der Waals surface area contributed by atoms with E-state index in [9.17, 15) is 4.79 Å². The Morgan fingerprint density at radius 3 is 2.52 bits per heavy atom. The second kappa shape index (κ2) is 12.3. The Bertz CT molecular complexity index is 892. The second-order valence-corrected chi connectivity index (χ2v) is 8.29. The third-order valence-corrected chi connectivity index (χ3v) is 5.84. The molecule has 1 heterocycles. The molecule has 1 aliphatic rings. The molecule has 0 bridgehead atoms. The molecule has 2 aromatic carbocycles. The fourth-order valence-electron chi connectivity index (χ4n) is 4.15. The van der Waals surface area contributed by atoms with Crippen LogP contribution in [-0.4, -0.2) is 57.9 Å². The van der Waals surface area contributed by atoms with Gasteiger partial charge in [-0.1, -0.05) is 31.5 Å². The van der Waals surface area contributed by atoms with Crippen LogP contribution in [0.15, 0.2) is 36.4 Å². The summed E-state index contributed by atoms with van der Waals surface area (Å²) in [5.74, 6) is 2.54. The topological polar surface area (TPSA) is 69.3 Å². The average molecular weight is 457 g/mol. The Labute approximate surface area is 197 Å². The number of ether oxygens (including phenoxy) is 4. The number of fused-ring (bicyclic) bond motifs is 1. The molecule has 0 spiro atoms. The SMILES string of the molecule is CCCC[C@H]1CN(CCNC(=O)Cc2cc(OC)c(OC)c(OC)c2)Cc2ccccc2O1. The molecule has 1 aliphatic heterocycles. The van der Waals surface area contributed by atoms with E-state index < -0.39 is 0 Å². The number of para-hydroxylation sites is 1. The van der Waals surface area contributed by atoms with Crippen LogP contribution in [0.1, 0.15) is 37.3 Å². The van der Waals surface area contributed by atoms with Gasteiger partial charge in [-0.3, -0.25) is 9.69 Å². The van der Waals surface area contributed by atoms with E-state index in [1.54, 1.807) is 21.3 Å². The van der Waals surface area contributed by atoms with Crippen molar-refractivity contribution in [3.8, 4) is 23.0 Å². The Balaban J connectivity index is 1.57. The maximum atomic E-state index is 12.6. The molecule has 1 atom stereocenters. The van der Waals surface area contributed by atoms with Gasteiger partial charge in [0.25, 0.3) is 0 Å². The van der Waals surface area contributed by atoms with Crippen LogP contribution >= 0.6 is 0 Å². The van der Waals surface area contributed by atoms with Crippen molar-refractivity contribution in [3.05, 3.63) is 47.5 Å². The van der Waals surface area contributed by atoms with Crippen LogP contribution in [0.4, 0.5) is 0 Å². The van der Waals surface area contributed by atoms with E-state index in [4.69, 9.17) is 18.9 Å². The van der Waals surface area contributed by atoms with Gasteiger partial charge in [-0.25, -0.2) is 0 Å². The largest absolute Gasteiger partial charge is 0.493 e. The lowest BCUT2D eigenvalue weighted by Gasteiger charge is -2.24. The predicted octanol–water partition coefficient (Wildman–Crippen LogP) is 3.82.